The number of nitrogen functional groups attached to an aromatic ring is 1. The van der Waals surface area contributed by atoms with Gasteiger partial charge >= 0.3 is 0 Å². The van der Waals surface area contributed by atoms with Crippen molar-refractivity contribution < 1.29 is 4.79 Å². The second-order valence-corrected chi connectivity index (χ2v) is 4.40. The third-order valence-electron chi connectivity index (χ3n) is 3.12. The number of carbonyl (C=O) groups excluding carboxylic acids is 1. The van der Waals surface area contributed by atoms with Crippen molar-refractivity contribution in [3.05, 3.63) is 23.8 Å². The summed E-state index contributed by atoms with van der Waals surface area (Å²) in [6.45, 7) is 3.56. The van der Waals surface area contributed by atoms with Crippen molar-refractivity contribution in [1.29, 1.82) is 0 Å². The number of aryl methyl sites for hydroxylation is 1. The third-order valence-corrected chi connectivity index (χ3v) is 3.12. The largest absolute Gasteiger partial charge is 0.397 e. The van der Waals surface area contributed by atoms with E-state index < -0.39 is 0 Å². The molecular formula is C12H17N3O. The molecule has 4 heteroatoms. The number of amides is 1. The minimum atomic E-state index is -0.214. The van der Waals surface area contributed by atoms with E-state index >= 15 is 0 Å². The number of anilines is 2. The lowest BCUT2D eigenvalue weighted by Gasteiger charge is -2.20. The summed E-state index contributed by atoms with van der Waals surface area (Å²) in [4.78, 5) is 13.2. The highest BCUT2D eigenvalue weighted by Gasteiger charge is 2.27. The predicted molar refractivity (Wildman–Crippen MR) is 65.1 cm³/mol. The SMILES string of the molecule is Cc1ccc(N)c(N2CCC(C(N)=O)C2)c1. The maximum absolute atomic E-state index is 11.1. The molecular weight excluding hydrogens is 202 g/mol. The Morgan fingerprint density at radius 1 is 1.50 bits per heavy atom. The first kappa shape index (κ1) is 10.8. The van der Waals surface area contributed by atoms with E-state index in [0.717, 1.165) is 24.3 Å². The summed E-state index contributed by atoms with van der Waals surface area (Å²) in [5.74, 6) is -0.256. The van der Waals surface area contributed by atoms with Gasteiger partial charge in [-0.2, -0.15) is 0 Å². The number of rotatable bonds is 2. The minimum Gasteiger partial charge on any atom is -0.397 e. The number of hydrogen-bond donors (Lipinski definition) is 2. The lowest BCUT2D eigenvalue weighted by Crippen LogP contribution is -2.27. The molecule has 0 radical (unpaired) electrons. The van der Waals surface area contributed by atoms with Gasteiger partial charge in [-0.15, -0.1) is 0 Å². The molecule has 1 aliphatic rings. The van der Waals surface area contributed by atoms with Crippen LogP contribution >= 0.6 is 0 Å². The van der Waals surface area contributed by atoms with Crippen LogP contribution in [0.3, 0.4) is 0 Å². The number of nitrogens with two attached hydrogens (primary N) is 2. The fourth-order valence-electron chi connectivity index (χ4n) is 2.14. The average Bonchev–Trinajstić information content (AvgIpc) is 2.70. The van der Waals surface area contributed by atoms with Crippen LogP contribution in [-0.4, -0.2) is 19.0 Å². The summed E-state index contributed by atoms with van der Waals surface area (Å²) in [5, 5.41) is 0. The first-order valence-corrected chi connectivity index (χ1v) is 5.48. The lowest BCUT2D eigenvalue weighted by atomic mass is 10.1. The van der Waals surface area contributed by atoms with Crippen LogP contribution < -0.4 is 16.4 Å². The molecule has 4 nitrogen and oxygen atoms in total. The Morgan fingerprint density at radius 3 is 2.88 bits per heavy atom. The zero-order chi connectivity index (χ0) is 11.7. The second-order valence-electron chi connectivity index (χ2n) is 4.40. The Labute approximate surface area is 95.2 Å². The monoisotopic (exact) mass is 219 g/mol. The standard InChI is InChI=1S/C12H17N3O/c1-8-2-3-10(13)11(6-8)15-5-4-9(7-15)12(14)16/h2-3,6,9H,4-5,7,13H2,1H3,(H2,14,16). The van der Waals surface area contributed by atoms with Crippen LogP contribution in [0.4, 0.5) is 11.4 Å². The first-order chi connectivity index (χ1) is 7.58. The van der Waals surface area contributed by atoms with E-state index in [9.17, 15) is 4.79 Å². The van der Waals surface area contributed by atoms with Crippen LogP contribution in [0.15, 0.2) is 18.2 Å². The van der Waals surface area contributed by atoms with Crippen LogP contribution in [0.5, 0.6) is 0 Å². The number of benzene rings is 1. The van der Waals surface area contributed by atoms with Gasteiger partial charge in [-0.1, -0.05) is 6.07 Å². The van der Waals surface area contributed by atoms with E-state index in [0.29, 0.717) is 6.54 Å². The highest BCUT2D eigenvalue weighted by Crippen LogP contribution is 2.29. The Morgan fingerprint density at radius 2 is 2.25 bits per heavy atom. The zero-order valence-corrected chi connectivity index (χ0v) is 9.44. The lowest BCUT2D eigenvalue weighted by molar-refractivity contribution is -0.121. The van der Waals surface area contributed by atoms with Gasteiger partial charge in [-0.3, -0.25) is 4.79 Å². The summed E-state index contributed by atoms with van der Waals surface area (Å²) in [6, 6.07) is 5.95. The molecule has 0 aliphatic carbocycles. The molecule has 1 amide bonds. The topological polar surface area (TPSA) is 72.3 Å². The van der Waals surface area contributed by atoms with Crippen LogP contribution in [0.25, 0.3) is 0 Å². The Bertz CT molecular complexity index is 417. The van der Waals surface area contributed by atoms with Gasteiger partial charge < -0.3 is 16.4 Å². The molecule has 0 spiro atoms. The number of nitrogens with zero attached hydrogens (tertiary/aromatic N) is 1. The molecule has 86 valence electrons. The molecule has 1 heterocycles. The Hall–Kier alpha value is -1.71. The normalized spacial score (nSPS) is 20.1. The molecule has 1 atom stereocenters. The van der Waals surface area contributed by atoms with Crippen molar-refractivity contribution in [1.82, 2.24) is 0 Å². The molecule has 1 aromatic carbocycles. The Balaban J connectivity index is 2.20. The van der Waals surface area contributed by atoms with Gasteiger partial charge in [0.1, 0.15) is 0 Å². The van der Waals surface area contributed by atoms with Crippen molar-refractivity contribution in [2.24, 2.45) is 11.7 Å². The van der Waals surface area contributed by atoms with Crippen molar-refractivity contribution in [2.45, 2.75) is 13.3 Å². The van der Waals surface area contributed by atoms with Gasteiger partial charge in [0.05, 0.1) is 17.3 Å². The van der Waals surface area contributed by atoms with E-state index in [4.69, 9.17) is 11.5 Å². The van der Waals surface area contributed by atoms with Crippen LogP contribution in [0.2, 0.25) is 0 Å². The first-order valence-electron chi connectivity index (χ1n) is 5.48. The molecule has 1 aliphatic heterocycles. The Kier molecular flexibility index (Phi) is 2.73. The molecule has 1 aromatic rings. The molecule has 1 fully saturated rings. The van der Waals surface area contributed by atoms with Crippen molar-refractivity contribution in [3.63, 3.8) is 0 Å². The van der Waals surface area contributed by atoms with E-state index in [1.54, 1.807) is 0 Å². The summed E-state index contributed by atoms with van der Waals surface area (Å²) in [6.07, 6.45) is 0.822. The zero-order valence-electron chi connectivity index (χ0n) is 9.44. The van der Waals surface area contributed by atoms with Gasteiger partial charge in [0.15, 0.2) is 0 Å². The van der Waals surface area contributed by atoms with Crippen molar-refractivity contribution in [3.8, 4) is 0 Å². The maximum atomic E-state index is 11.1. The third kappa shape index (κ3) is 1.96. The fourth-order valence-corrected chi connectivity index (χ4v) is 2.14. The smallest absolute Gasteiger partial charge is 0.222 e. The molecule has 1 unspecified atom stereocenters. The fraction of sp³-hybridized carbons (Fsp3) is 0.417. The van der Waals surface area contributed by atoms with Gasteiger partial charge in [0.2, 0.25) is 5.91 Å². The number of hydrogen-bond acceptors (Lipinski definition) is 3. The van der Waals surface area contributed by atoms with E-state index in [1.165, 1.54) is 5.56 Å². The molecule has 0 saturated carbocycles. The van der Waals surface area contributed by atoms with Crippen LogP contribution in [-0.2, 0) is 4.79 Å². The second kappa shape index (κ2) is 4.04. The minimum absolute atomic E-state index is 0.0417. The van der Waals surface area contributed by atoms with E-state index in [2.05, 4.69) is 11.0 Å². The molecule has 1 saturated heterocycles. The summed E-state index contributed by atoms with van der Waals surface area (Å²) >= 11 is 0. The summed E-state index contributed by atoms with van der Waals surface area (Å²) in [7, 11) is 0. The molecule has 0 bridgehead atoms. The highest BCUT2D eigenvalue weighted by atomic mass is 16.1. The van der Waals surface area contributed by atoms with Crippen LogP contribution in [0, 0.1) is 12.8 Å². The summed E-state index contributed by atoms with van der Waals surface area (Å²) in [5.41, 5.74) is 14.2. The number of carbonyl (C=O) groups is 1. The van der Waals surface area contributed by atoms with Gasteiger partial charge in [0, 0.05) is 13.1 Å². The van der Waals surface area contributed by atoms with E-state index in [-0.39, 0.29) is 11.8 Å². The average molecular weight is 219 g/mol. The van der Waals surface area contributed by atoms with Crippen molar-refractivity contribution >= 4 is 17.3 Å². The molecule has 2 rings (SSSR count). The van der Waals surface area contributed by atoms with Gasteiger partial charge in [-0.25, -0.2) is 0 Å². The van der Waals surface area contributed by atoms with Gasteiger partial charge in [0.25, 0.3) is 0 Å². The quantitative estimate of drug-likeness (QED) is 0.725. The predicted octanol–water partition coefficient (Wildman–Crippen LogP) is 0.889. The van der Waals surface area contributed by atoms with Crippen LogP contribution in [0.1, 0.15) is 12.0 Å². The molecule has 16 heavy (non-hydrogen) atoms. The number of primary amides is 1. The van der Waals surface area contributed by atoms with Crippen molar-refractivity contribution in [2.75, 3.05) is 23.7 Å². The summed E-state index contributed by atoms with van der Waals surface area (Å²) < 4.78 is 0. The maximum Gasteiger partial charge on any atom is 0.222 e. The molecule has 0 aromatic heterocycles. The van der Waals surface area contributed by atoms with E-state index in [1.807, 2.05) is 19.1 Å². The highest BCUT2D eigenvalue weighted by molar-refractivity contribution is 5.79. The van der Waals surface area contributed by atoms with Gasteiger partial charge in [-0.05, 0) is 31.0 Å². The molecule has 4 N–H and O–H groups in total.